The second kappa shape index (κ2) is 8.17. The van der Waals surface area contributed by atoms with E-state index >= 15 is 0 Å². The summed E-state index contributed by atoms with van der Waals surface area (Å²) in [6, 6.07) is 7.87. The van der Waals surface area contributed by atoms with Gasteiger partial charge in [0.15, 0.2) is 0 Å². The maximum absolute atomic E-state index is 13.3. The van der Waals surface area contributed by atoms with Crippen molar-refractivity contribution < 1.29 is 23.1 Å². The predicted octanol–water partition coefficient (Wildman–Crippen LogP) is 4.06. The highest BCUT2D eigenvalue weighted by Gasteiger charge is 2.45. The Morgan fingerprint density at radius 1 is 1.25 bits per heavy atom. The van der Waals surface area contributed by atoms with Gasteiger partial charge in [0, 0.05) is 13.1 Å². The minimum Gasteiger partial charge on any atom is -0.466 e. The summed E-state index contributed by atoms with van der Waals surface area (Å²) in [5.74, 6) is 0.494. The van der Waals surface area contributed by atoms with E-state index in [0.717, 1.165) is 5.56 Å². The molecule has 6 heteroatoms. The van der Waals surface area contributed by atoms with Gasteiger partial charge in [-0.25, -0.2) is 4.39 Å². The molecular formula is C22H26FNO4. The molecule has 3 rings (SSSR count). The van der Waals surface area contributed by atoms with E-state index < -0.39 is 5.41 Å². The molecule has 1 saturated heterocycles. The first-order chi connectivity index (χ1) is 13.3. The maximum atomic E-state index is 13.3. The molecule has 150 valence electrons. The summed E-state index contributed by atoms with van der Waals surface area (Å²) >= 11 is 0. The number of carbonyl (C=O) groups excluding carboxylic acids is 2. The first kappa shape index (κ1) is 20.1. The Balaban J connectivity index is 1.88. The summed E-state index contributed by atoms with van der Waals surface area (Å²) in [6.07, 6.45) is 1.72. The van der Waals surface area contributed by atoms with Gasteiger partial charge in [-0.3, -0.25) is 9.59 Å². The highest BCUT2D eigenvalue weighted by Crippen LogP contribution is 2.36. The van der Waals surface area contributed by atoms with Gasteiger partial charge in [-0.2, -0.15) is 0 Å². The van der Waals surface area contributed by atoms with Crippen molar-refractivity contribution in [3.05, 3.63) is 58.8 Å². The molecule has 0 spiro atoms. The molecule has 1 fully saturated rings. The SMILES string of the molecule is CCOC(=O)[C@]1(Cc2ccc(F)cc2)CCCN(C(=O)c2cc(C)oc2C)C1. The molecule has 2 heterocycles. The number of aryl methyl sites for hydroxylation is 2. The molecule has 28 heavy (non-hydrogen) atoms. The van der Waals surface area contributed by atoms with Crippen LogP contribution in [0.4, 0.5) is 4.39 Å². The van der Waals surface area contributed by atoms with Crippen LogP contribution in [0.1, 0.15) is 47.2 Å². The zero-order valence-electron chi connectivity index (χ0n) is 16.6. The molecule has 0 bridgehead atoms. The molecule has 0 radical (unpaired) electrons. The number of hydrogen-bond acceptors (Lipinski definition) is 4. The van der Waals surface area contributed by atoms with Crippen molar-refractivity contribution in [2.75, 3.05) is 19.7 Å². The molecule has 1 aromatic heterocycles. The van der Waals surface area contributed by atoms with E-state index in [4.69, 9.17) is 9.15 Å². The van der Waals surface area contributed by atoms with E-state index in [1.807, 2.05) is 0 Å². The van der Waals surface area contributed by atoms with Gasteiger partial charge in [0.05, 0.1) is 17.6 Å². The van der Waals surface area contributed by atoms with Gasteiger partial charge in [0.25, 0.3) is 5.91 Å². The summed E-state index contributed by atoms with van der Waals surface area (Å²) < 4.78 is 24.2. The van der Waals surface area contributed by atoms with E-state index in [1.165, 1.54) is 12.1 Å². The molecule has 5 nitrogen and oxygen atoms in total. The molecule has 1 aliphatic rings. The number of halogens is 1. The largest absolute Gasteiger partial charge is 0.466 e. The van der Waals surface area contributed by atoms with Crippen molar-refractivity contribution >= 4 is 11.9 Å². The predicted molar refractivity (Wildman–Crippen MR) is 102 cm³/mol. The Kier molecular flexibility index (Phi) is 5.87. The van der Waals surface area contributed by atoms with Crippen LogP contribution in [0.25, 0.3) is 0 Å². The fourth-order valence-electron chi connectivity index (χ4n) is 3.98. The zero-order valence-corrected chi connectivity index (χ0v) is 16.6. The fraction of sp³-hybridized carbons (Fsp3) is 0.455. The van der Waals surface area contributed by atoms with Crippen molar-refractivity contribution in [1.82, 2.24) is 4.90 Å². The molecular weight excluding hydrogens is 361 g/mol. The van der Waals surface area contributed by atoms with Crippen LogP contribution in [0, 0.1) is 25.1 Å². The van der Waals surface area contributed by atoms with Gasteiger partial charge in [-0.05, 0) is 63.8 Å². The van der Waals surface area contributed by atoms with E-state index in [9.17, 15) is 14.0 Å². The van der Waals surface area contributed by atoms with Crippen molar-refractivity contribution in [2.24, 2.45) is 5.41 Å². The lowest BCUT2D eigenvalue weighted by Crippen LogP contribution is -2.51. The number of benzene rings is 1. The Morgan fingerprint density at radius 3 is 2.57 bits per heavy atom. The average Bonchev–Trinajstić information content (AvgIpc) is 3.01. The molecule has 1 aliphatic heterocycles. The lowest BCUT2D eigenvalue weighted by atomic mass is 9.75. The number of furan rings is 1. The third-order valence-corrected chi connectivity index (χ3v) is 5.30. The third-order valence-electron chi connectivity index (χ3n) is 5.30. The van der Waals surface area contributed by atoms with E-state index in [0.29, 0.717) is 42.9 Å². The second-order valence-electron chi connectivity index (χ2n) is 7.46. The first-order valence-electron chi connectivity index (χ1n) is 9.62. The normalized spacial score (nSPS) is 19.5. The minimum absolute atomic E-state index is 0.137. The van der Waals surface area contributed by atoms with Gasteiger partial charge in [-0.15, -0.1) is 0 Å². The van der Waals surface area contributed by atoms with E-state index in [-0.39, 0.29) is 30.8 Å². The topological polar surface area (TPSA) is 59.8 Å². The molecule has 2 aromatic rings. The molecule has 1 amide bonds. The average molecular weight is 387 g/mol. The fourth-order valence-corrected chi connectivity index (χ4v) is 3.98. The Hall–Kier alpha value is -2.63. The number of rotatable bonds is 5. The number of nitrogens with zero attached hydrogens (tertiary/aromatic N) is 1. The summed E-state index contributed by atoms with van der Waals surface area (Å²) in [5.41, 5.74) is 0.534. The van der Waals surface area contributed by atoms with Gasteiger partial charge in [0.2, 0.25) is 0 Å². The number of ether oxygens (including phenoxy) is 1. The smallest absolute Gasteiger partial charge is 0.314 e. The number of carbonyl (C=O) groups is 2. The minimum atomic E-state index is -0.839. The van der Waals surface area contributed by atoms with Gasteiger partial charge in [-0.1, -0.05) is 12.1 Å². The van der Waals surface area contributed by atoms with Crippen LogP contribution in [-0.2, 0) is 16.0 Å². The number of esters is 1. The quantitative estimate of drug-likeness (QED) is 0.726. The Labute approximate surface area is 164 Å². The Morgan fingerprint density at radius 2 is 1.96 bits per heavy atom. The number of piperidine rings is 1. The van der Waals surface area contributed by atoms with Crippen molar-refractivity contribution in [2.45, 2.75) is 40.0 Å². The lowest BCUT2D eigenvalue weighted by molar-refractivity contribution is -0.158. The Bertz CT molecular complexity index is 858. The van der Waals surface area contributed by atoms with E-state index in [1.54, 1.807) is 43.9 Å². The molecule has 1 aromatic carbocycles. The number of amides is 1. The molecule has 1 atom stereocenters. The van der Waals surface area contributed by atoms with Crippen LogP contribution in [0.15, 0.2) is 34.7 Å². The molecule has 0 saturated carbocycles. The third kappa shape index (κ3) is 4.11. The van der Waals surface area contributed by atoms with Crippen molar-refractivity contribution in [3.63, 3.8) is 0 Å². The van der Waals surface area contributed by atoms with Crippen LogP contribution >= 0.6 is 0 Å². The second-order valence-corrected chi connectivity index (χ2v) is 7.46. The molecule has 0 unspecified atom stereocenters. The maximum Gasteiger partial charge on any atom is 0.314 e. The summed E-state index contributed by atoms with van der Waals surface area (Å²) in [5, 5.41) is 0. The van der Waals surface area contributed by atoms with Crippen LogP contribution in [0.3, 0.4) is 0 Å². The summed E-state index contributed by atoms with van der Waals surface area (Å²) in [4.78, 5) is 27.7. The van der Waals surface area contributed by atoms with Gasteiger partial charge >= 0.3 is 5.97 Å². The van der Waals surface area contributed by atoms with Gasteiger partial charge < -0.3 is 14.1 Å². The van der Waals surface area contributed by atoms with Crippen LogP contribution in [0.5, 0.6) is 0 Å². The van der Waals surface area contributed by atoms with Crippen LogP contribution < -0.4 is 0 Å². The van der Waals surface area contributed by atoms with Crippen molar-refractivity contribution in [3.8, 4) is 0 Å². The zero-order chi connectivity index (χ0) is 20.3. The number of likely N-dealkylation sites (tertiary alicyclic amines) is 1. The van der Waals surface area contributed by atoms with Crippen LogP contribution in [0.2, 0.25) is 0 Å². The molecule has 0 N–H and O–H groups in total. The van der Waals surface area contributed by atoms with Crippen LogP contribution in [-0.4, -0.2) is 36.5 Å². The van der Waals surface area contributed by atoms with Crippen molar-refractivity contribution in [1.29, 1.82) is 0 Å². The molecule has 0 aliphatic carbocycles. The summed E-state index contributed by atoms with van der Waals surface area (Å²) in [6.45, 7) is 6.46. The standard InChI is InChI=1S/C22H26FNO4/c1-4-27-21(26)22(13-17-6-8-18(23)9-7-17)10-5-11-24(14-22)20(25)19-12-15(2)28-16(19)3/h6-9,12H,4-5,10-11,13-14H2,1-3H3/t22-/m0/s1. The monoisotopic (exact) mass is 387 g/mol. The lowest BCUT2D eigenvalue weighted by Gasteiger charge is -2.41. The van der Waals surface area contributed by atoms with Gasteiger partial charge in [0.1, 0.15) is 17.3 Å². The highest BCUT2D eigenvalue weighted by atomic mass is 19.1. The number of hydrogen-bond donors (Lipinski definition) is 0. The van der Waals surface area contributed by atoms with E-state index in [2.05, 4.69) is 0 Å². The summed E-state index contributed by atoms with van der Waals surface area (Å²) in [7, 11) is 0. The first-order valence-corrected chi connectivity index (χ1v) is 9.62. The highest BCUT2D eigenvalue weighted by molar-refractivity contribution is 5.96.